The van der Waals surface area contributed by atoms with Crippen LogP contribution >= 0.6 is 0 Å². The normalized spacial score (nSPS) is 18.2. The van der Waals surface area contributed by atoms with E-state index in [1.165, 1.54) is 19.3 Å². The lowest BCUT2D eigenvalue weighted by atomic mass is 9.94. The van der Waals surface area contributed by atoms with E-state index in [4.69, 9.17) is 5.73 Å². The van der Waals surface area contributed by atoms with Crippen molar-refractivity contribution in [3.05, 3.63) is 0 Å². The zero-order valence-corrected chi connectivity index (χ0v) is 10.6. The van der Waals surface area contributed by atoms with Crippen molar-refractivity contribution in [2.45, 2.75) is 59.0 Å². The van der Waals surface area contributed by atoms with Gasteiger partial charge in [-0.2, -0.15) is 0 Å². The minimum Gasteiger partial charge on any atom is -0.329 e. The topological polar surface area (TPSA) is 29.3 Å². The van der Waals surface area contributed by atoms with Crippen LogP contribution in [-0.2, 0) is 0 Å². The van der Waals surface area contributed by atoms with Gasteiger partial charge in [0.05, 0.1) is 0 Å². The molecule has 2 heteroatoms. The summed E-state index contributed by atoms with van der Waals surface area (Å²) < 4.78 is 0. The number of hydrogen-bond acceptors (Lipinski definition) is 2. The first-order valence-corrected chi connectivity index (χ1v) is 6.00. The highest BCUT2D eigenvalue weighted by Gasteiger charge is 2.22. The Kier molecular flexibility index (Phi) is 7.20. The van der Waals surface area contributed by atoms with Gasteiger partial charge >= 0.3 is 0 Å². The molecule has 3 atom stereocenters. The monoisotopic (exact) mass is 200 g/mol. The van der Waals surface area contributed by atoms with Crippen LogP contribution in [-0.4, -0.2) is 30.6 Å². The van der Waals surface area contributed by atoms with E-state index in [0.29, 0.717) is 18.0 Å². The molecule has 86 valence electrons. The molecule has 0 radical (unpaired) electrons. The summed E-state index contributed by atoms with van der Waals surface area (Å²) in [4.78, 5) is 2.44. The number of nitrogens with zero attached hydrogens (tertiary/aromatic N) is 1. The van der Waals surface area contributed by atoms with Crippen molar-refractivity contribution in [1.29, 1.82) is 0 Å². The quantitative estimate of drug-likeness (QED) is 0.684. The third-order valence-electron chi connectivity index (χ3n) is 3.45. The van der Waals surface area contributed by atoms with Crippen molar-refractivity contribution in [1.82, 2.24) is 4.90 Å². The minimum atomic E-state index is 0.546. The molecule has 0 aromatic carbocycles. The minimum absolute atomic E-state index is 0.546. The summed E-state index contributed by atoms with van der Waals surface area (Å²) in [5.74, 6) is 0.712. The summed E-state index contributed by atoms with van der Waals surface area (Å²) in [6, 6.07) is 1.19. The molecular formula is C12H28N2. The van der Waals surface area contributed by atoms with Gasteiger partial charge in [-0.25, -0.2) is 0 Å². The Balaban J connectivity index is 4.23. The summed E-state index contributed by atoms with van der Waals surface area (Å²) in [5, 5.41) is 0. The second kappa shape index (κ2) is 7.24. The van der Waals surface area contributed by atoms with Crippen LogP contribution in [0.25, 0.3) is 0 Å². The van der Waals surface area contributed by atoms with Crippen LogP contribution in [0.3, 0.4) is 0 Å². The highest BCUT2D eigenvalue weighted by atomic mass is 15.2. The maximum absolute atomic E-state index is 5.86. The van der Waals surface area contributed by atoms with Crippen LogP contribution in [0.2, 0.25) is 0 Å². The molecule has 2 N–H and O–H groups in total. The molecule has 0 aliphatic carbocycles. The largest absolute Gasteiger partial charge is 0.329 e. The molecule has 0 heterocycles. The van der Waals surface area contributed by atoms with Gasteiger partial charge in [0.1, 0.15) is 0 Å². The Hall–Kier alpha value is -0.0800. The lowest BCUT2D eigenvalue weighted by Gasteiger charge is -2.35. The summed E-state index contributed by atoms with van der Waals surface area (Å²) >= 11 is 0. The average molecular weight is 200 g/mol. The van der Waals surface area contributed by atoms with Gasteiger partial charge in [0.25, 0.3) is 0 Å². The lowest BCUT2D eigenvalue weighted by molar-refractivity contribution is 0.135. The van der Waals surface area contributed by atoms with E-state index < -0.39 is 0 Å². The van der Waals surface area contributed by atoms with E-state index in [9.17, 15) is 0 Å². The first-order valence-electron chi connectivity index (χ1n) is 6.00. The lowest BCUT2D eigenvalue weighted by Crippen LogP contribution is -2.46. The number of hydrogen-bond donors (Lipinski definition) is 1. The molecule has 0 fully saturated rings. The Morgan fingerprint density at radius 3 is 2.14 bits per heavy atom. The van der Waals surface area contributed by atoms with Crippen molar-refractivity contribution in [3.63, 3.8) is 0 Å². The van der Waals surface area contributed by atoms with Gasteiger partial charge in [0.15, 0.2) is 0 Å². The molecule has 3 unspecified atom stereocenters. The molecule has 0 amide bonds. The standard InChI is InChI=1S/C12H28N2/c1-6-8-10(3)12(9-13)14(5)11(4)7-2/h10-12H,6-9,13H2,1-5H3. The van der Waals surface area contributed by atoms with Crippen molar-refractivity contribution in [2.75, 3.05) is 13.6 Å². The molecule has 0 aliphatic heterocycles. The maximum Gasteiger partial charge on any atom is 0.0243 e. The highest BCUT2D eigenvalue weighted by Crippen LogP contribution is 2.17. The van der Waals surface area contributed by atoms with Gasteiger partial charge in [0.2, 0.25) is 0 Å². The molecule has 0 aromatic rings. The second-order valence-corrected chi connectivity index (χ2v) is 4.49. The van der Waals surface area contributed by atoms with Crippen molar-refractivity contribution in [2.24, 2.45) is 11.7 Å². The van der Waals surface area contributed by atoms with E-state index in [-0.39, 0.29) is 0 Å². The molecule has 14 heavy (non-hydrogen) atoms. The summed E-state index contributed by atoms with van der Waals surface area (Å²) in [6.07, 6.45) is 3.74. The van der Waals surface area contributed by atoms with E-state index in [2.05, 4.69) is 39.6 Å². The fourth-order valence-electron chi connectivity index (χ4n) is 2.06. The summed E-state index contributed by atoms with van der Waals surface area (Å²) in [6.45, 7) is 9.86. The molecule has 0 aromatic heterocycles. The first-order chi connectivity index (χ1) is 6.58. The Labute approximate surface area is 89.9 Å². The molecule has 2 nitrogen and oxygen atoms in total. The Bertz CT molecular complexity index is 136. The average Bonchev–Trinajstić information content (AvgIpc) is 2.18. The van der Waals surface area contributed by atoms with E-state index in [1.807, 2.05) is 0 Å². The SMILES string of the molecule is CCCC(C)C(CN)N(C)C(C)CC. The number of rotatable bonds is 7. The molecule has 0 saturated heterocycles. The predicted octanol–water partition coefficient (Wildman–Crippen LogP) is 2.48. The van der Waals surface area contributed by atoms with Gasteiger partial charge < -0.3 is 5.73 Å². The molecule has 0 rings (SSSR count). The summed E-state index contributed by atoms with van der Waals surface area (Å²) in [5.41, 5.74) is 5.86. The molecule has 0 saturated carbocycles. The Morgan fingerprint density at radius 1 is 1.21 bits per heavy atom. The van der Waals surface area contributed by atoms with Crippen molar-refractivity contribution < 1.29 is 0 Å². The van der Waals surface area contributed by atoms with Crippen LogP contribution in [0.1, 0.15) is 47.0 Å². The predicted molar refractivity (Wildman–Crippen MR) is 64.4 cm³/mol. The molecular weight excluding hydrogens is 172 g/mol. The second-order valence-electron chi connectivity index (χ2n) is 4.49. The van der Waals surface area contributed by atoms with E-state index >= 15 is 0 Å². The highest BCUT2D eigenvalue weighted by molar-refractivity contribution is 4.78. The van der Waals surface area contributed by atoms with E-state index in [0.717, 1.165) is 6.54 Å². The van der Waals surface area contributed by atoms with Crippen LogP contribution in [0.5, 0.6) is 0 Å². The number of nitrogens with two attached hydrogens (primary N) is 1. The first kappa shape index (κ1) is 13.9. The molecule has 0 spiro atoms. The third kappa shape index (κ3) is 3.97. The van der Waals surface area contributed by atoms with Crippen LogP contribution in [0.4, 0.5) is 0 Å². The van der Waals surface area contributed by atoms with Crippen molar-refractivity contribution >= 4 is 0 Å². The smallest absolute Gasteiger partial charge is 0.0243 e. The third-order valence-corrected chi connectivity index (χ3v) is 3.45. The Morgan fingerprint density at radius 2 is 1.79 bits per heavy atom. The zero-order chi connectivity index (χ0) is 11.1. The molecule has 0 bridgehead atoms. The zero-order valence-electron chi connectivity index (χ0n) is 10.6. The molecule has 0 aliphatic rings. The number of likely N-dealkylation sites (N-methyl/N-ethyl adjacent to an activating group) is 1. The maximum atomic E-state index is 5.86. The van der Waals surface area contributed by atoms with Gasteiger partial charge in [-0.05, 0) is 32.7 Å². The van der Waals surface area contributed by atoms with Gasteiger partial charge in [0, 0.05) is 18.6 Å². The van der Waals surface area contributed by atoms with Crippen LogP contribution in [0, 0.1) is 5.92 Å². The van der Waals surface area contributed by atoms with Crippen LogP contribution < -0.4 is 5.73 Å². The van der Waals surface area contributed by atoms with Gasteiger partial charge in [-0.3, -0.25) is 4.90 Å². The van der Waals surface area contributed by atoms with Crippen molar-refractivity contribution in [3.8, 4) is 0 Å². The van der Waals surface area contributed by atoms with Gasteiger partial charge in [-0.1, -0.05) is 27.2 Å². The summed E-state index contributed by atoms with van der Waals surface area (Å²) in [7, 11) is 2.21. The fraction of sp³-hybridized carbons (Fsp3) is 1.00. The van der Waals surface area contributed by atoms with Gasteiger partial charge in [-0.15, -0.1) is 0 Å². The van der Waals surface area contributed by atoms with Crippen LogP contribution in [0.15, 0.2) is 0 Å². The van der Waals surface area contributed by atoms with E-state index in [1.54, 1.807) is 0 Å². The fourth-order valence-corrected chi connectivity index (χ4v) is 2.06.